The van der Waals surface area contributed by atoms with Crippen molar-refractivity contribution in [2.75, 3.05) is 20.1 Å². The zero-order chi connectivity index (χ0) is 12.9. The third kappa shape index (κ3) is 4.86. The topological polar surface area (TPSA) is 49.5 Å². The highest BCUT2D eigenvalue weighted by molar-refractivity contribution is 5.19. The first-order valence-corrected chi connectivity index (χ1v) is 6.11. The molecule has 1 aromatic rings. The van der Waals surface area contributed by atoms with E-state index in [-0.39, 0.29) is 6.04 Å². The highest BCUT2D eigenvalue weighted by atomic mass is 16.3. The second-order valence-corrected chi connectivity index (χ2v) is 5.23. The Morgan fingerprint density at radius 1 is 1.29 bits per heavy atom. The van der Waals surface area contributed by atoms with Crippen molar-refractivity contribution in [2.24, 2.45) is 5.73 Å². The summed E-state index contributed by atoms with van der Waals surface area (Å²) in [6, 6.07) is 10.6. The molecule has 1 rings (SSSR count). The lowest BCUT2D eigenvalue weighted by Crippen LogP contribution is -2.39. The first-order chi connectivity index (χ1) is 7.94. The Hall–Kier alpha value is -0.900. The van der Waals surface area contributed by atoms with Gasteiger partial charge in [0.1, 0.15) is 0 Å². The largest absolute Gasteiger partial charge is 0.389 e. The number of nitrogens with zero attached hydrogens (tertiary/aromatic N) is 1. The summed E-state index contributed by atoms with van der Waals surface area (Å²) in [4.78, 5) is 2.17. The molecule has 0 amide bonds. The van der Waals surface area contributed by atoms with Crippen LogP contribution in [0.3, 0.4) is 0 Å². The third-order valence-electron chi connectivity index (χ3n) is 2.79. The van der Waals surface area contributed by atoms with E-state index in [2.05, 4.69) is 17.0 Å². The van der Waals surface area contributed by atoms with Crippen LogP contribution in [0.4, 0.5) is 0 Å². The molecule has 0 aromatic heterocycles. The van der Waals surface area contributed by atoms with Gasteiger partial charge in [-0.3, -0.25) is 4.90 Å². The molecule has 1 unspecified atom stereocenters. The zero-order valence-electron chi connectivity index (χ0n) is 11.1. The van der Waals surface area contributed by atoms with E-state index in [1.54, 1.807) is 0 Å². The smallest absolute Gasteiger partial charge is 0.0718 e. The number of rotatable bonds is 6. The molecule has 0 bridgehead atoms. The Morgan fingerprint density at radius 2 is 1.88 bits per heavy atom. The molecule has 1 atom stereocenters. The Morgan fingerprint density at radius 3 is 2.35 bits per heavy atom. The first kappa shape index (κ1) is 14.2. The summed E-state index contributed by atoms with van der Waals surface area (Å²) < 4.78 is 0. The van der Waals surface area contributed by atoms with Gasteiger partial charge in [0.15, 0.2) is 0 Å². The van der Waals surface area contributed by atoms with Crippen LogP contribution in [0.5, 0.6) is 0 Å². The predicted octanol–water partition coefficient (Wildman–Crippen LogP) is 1.78. The van der Waals surface area contributed by atoms with Gasteiger partial charge in [-0.1, -0.05) is 30.3 Å². The van der Waals surface area contributed by atoms with Gasteiger partial charge in [0.25, 0.3) is 0 Å². The summed E-state index contributed by atoms with van der Waals surface area (Å²) in [5.41, 5.74) is 6.25. The van der Waals surface area contributed by atoms with E-state index in [0.29, 0.717) is 13.1 Å². The lowest BCUT2D eigenvalue weighted by molar-refractivity contribution is 0.0299. The zero-order valence-corrected chi connectivity index (χ0v) is 11.1. The maximum atomic E-state index is 9.88. The van der Waals surface area contributed by atoms with Crippen LogP contribution >= 0.6 is 0 Å². The van der Waals surface area contributed by atoms with Crippen LogP contribution in [0.25, 0.3) is 0 Å². The van der Waals surface area contributed by atoms with Crippen molar-refractivity contribution in [1.29, 1.82) is 0 Å². The van der Waals surface area contributed by atoms with E-state index in [9.17, 15) is 5.11 Å². The van der Waals surface area contributed by atoms with Crippen molar-refractivity contribution in [1.82, 2.24) is 4.90 Å². The SMILES string of the molecule is CN(CC(C)(C)O)C(CCN)c1ccccc1. The summed E-state index contributed by atoms with van der Waals surface area (Å²) in [7, 11) is 2.03. The highest BCUT2D eigenvalue weighted by Gasteiger charge is 2.22. The van der Waals surface area contributed by atoms with Gasteiger partial charge in [0, 0.05) is 12.6 Å². The Labute approximate surface area is 104 Å². The lowest BCUT2D eigenvalue weighted by atomic mass is 10.0. The van der Waals surface area contributed by atoms with Crippen molar-refractivity contribution < 1.29 is 5.11 Å². The van der Waals surface area contributed by atoms with Crippen molar-refractivity contribution in [3.8, 4) is 0 Å². The van der Waals surface area contributed by atoms with Crippen LogP contribution in [0.15, 0.2) is 30.3 Å². The molecule has 0 spiro atoms. The van der Waals surface area contributed by atoms with Crippen molar-refractivity contribution in [3.05, 3.63) is 35.9 Å². The predicted molar refractivity (Wildman–Crippen MR) is 71.8 cm³/mol. The molecule has 3 N–H and O–H groups in total. The lowest BCUT2D eigenvalue weighted by Gasteiger charge is -2.32. The summed E-state index contributed by atoms with van der Waals surface area (Å²) in [6.45, 7) is 4.93. The molecule has 0 saturated heterocycles. The van der Waals surface area contributed by atoms with Crippen LogP contribution in [0, 0.1) is 0 Å². The maximum Gasteiger partial charge on any atom is 0.0718 e. The molecular formula is C14H24N2O. The number of hydrogen-bond donors (Lipinski definition) is 2. The average Bonchev–Trinajstić information content (AvgIpc) is 2.24. The molecule has 0 fully saturated rings. The van der Waals surface area contributed by atoms with Crippen LogP contribution in [-0.2, 0) is 0 Å². The number of benzene rings is 1. The van der Waals surface area contributed by atoms with Crippen LogP contribution in [0.1, 0.15) is 31.9 Å². The van der Waals surface area contributed by atoms with Crippen molar-refractivity contribution >= 4 is 0 Å². The molecule has 3 nitrogen and oxygen atoms in total. The Kier molecular flexibility index (Phi) is 5.12. The summed E-state index contributed by atoms with van der Waals surface area (Å²) >= 11 is 0. The van der Waals surface area contributed by atoms with Gasteiger partial charge in [-0.2, -0.15) is 0 Å². The minimum atomic E-state index is -0.684. The van der Waals surface area contributed by atoms with Gasteiger partial charge < -0.3 is 10.8 Å². The normalized spacial score (nSPS) is 14.0. The third-order valence-corrected chi connectivity index (χ3v) is 2.79. The van der Waals surface area contributed by atoms with Crippen LogP contribution in [0.2, 0.25) is 0 Å². The molecular weight excluding hydrogens is 212 g/mol. The van der Waals surface area contributed by atoms with Crippen molar-refractivity contribution in [3.63, 3.8) is 0 Å². The van der Waals surface area contributed by atoms with E-state index in [4.69, 9.17) is 5.73 Å². The summed E-state index contributed by atoms with van der Waals surface area (Å²) in [5.74, 6) is 0. The fourth-order valence-electron chi connectivity index (χ4n) is 2.20. The minimum Gasteiger partial charge on any atom is -0.389 e. The second-order valence-electron chi connectivity index (χ2n) is 5.23. The minimum absolute atomic E-state index is 0.271. The molecule has 0 heterocycles. The number of hydrogen-bond acceptors (Lipinski definition) is 3. The molecule has 96 valence electrons. The van der Waals surface area contributed by atoms with Gasteiger partial charge in [0.05, 0.1) is 5.60 Å². The number of likely N-dealkylation sites (N-methyl/N-ethyl adjacent to an activating group) is 1. The van der Waals surface area contributed by atoms with Crippen LogP contribution < -0.4 is 5.73 Å². The fraction of sp³-hybridized carbons (Fsp3) is 0.571. The van der Waals surface area contributed by atoms with E-state index in [0.717, 1.165) is 6.42 Å². The highest BCUT2D eigenvalue weighted by Crippen LogP contribution is 2.23. The Bertz CT molecular complexity index is 319. The molecule has 0 aliphatic carbocycles. The van der Waals surface area contributed by atoms with Gasteiger partial charge in [-0.05, 0) is 39.4 Å². The van der Waals surface area contributed by atoms with Gasteiger partial charge in [-0.25, -0.2) is 0 Å². The fourth-order valence-corrected chi connectivity index (χ4v) is 2.20. The average molecular weight is 236 g/mol. The van der Waals surface area contributed by atoms with Gasteiger partial charge in [-0.15, -0.1) is 0 Å². The Balaban J connectivity index is 2.79. The standard InChI is InChI=1S/C14H24N2O/c1-14(2,17)11-16(3)13(9-10-15)12-7-5-4-6-8-12/h4-8,13,17H,9-11,15H2,1-3H3. The monoisotopic (exact) mass is 236 g/mol. The van der Waals surface area contributed by atoms with E-state index >= 15 is 0 Å². The molecule has 0 radical (unpaired) electrons. The van der Waals surface area contributed by atoms with Crippen molar-refractivity contribution in [2.45, 2.75) is 31.9 Å². The first-order valence-electron chi connectivity index (χ1n) is 6.11. The number of aliphatic hydroxyl groups is 1. The molecule has 0 saturated carbocycles. The van der Waals surface area contributed by atoms with E-state index in [1.807, 2.05) is 39.1 Å². The van der Waals surface area contributed by atoms with Gasteiger partial charge >= 0.3 is 0 Å². The van der Waals surface area contributed by atoms with E-state index < -0.39 is 5.60 Å². The summed E-state index contributed by atoms with van der Waals surface area (Å²) in [6.07, 6.45) is 0.899. The molecule has 0 aliphatic rings. The molecule has 0 aliphatic heterocycles. The number of nitrogens with two attached hydrogens (primary N) is 1. The van der Waals surface area contributed by atoms with Gasteiger partial charge in [0.2, 0.25) is 0 Å². The second kappa shape index (κ2) is 6.15. The summed E-state index contributed by atoms with van der Waals surface area (Å²) in [5, 5.41) is 9.88. The molecule has 3 heteroatoms. The maximum absolute atomic E-state index is 9.88. The van der Waals surface area contributed by atoms with Crippen LogP contribution in [-0.4, -0.2) is 35.7 Å². The molecule has 17 heavy (non-hydrogen) atoms. The molecule has 1 aromatic carbocycles. The van der Waals surface area contributed by atoms with E-state index in [1.165, 1.54) is 5.56 Å². The quantitative estimate of drug-likeness (QED) is 0.791.